The molecule has 1 N–H and O–H groups in total. The number of hydrogen-bond acceptors (Lipinski definition) is 5. The topological polar surface area (TPSA) is 57.2 Å². The third-order valence-electron chi connectivity index (χ3n) is 7.89. The summed E-state index contributed by atoms with van der Waals surface area (Å²) in [5.74, 6) is 1.34. The van der Waals surface area contributed by atoms with Crippen LogP contribution >= 0.6 is 0 Å². The first-order valence-corrected chi connectivity index (χ1v) is 17.5. The van der Waals surface area contributed by atoms with E-state index in [2.05, 4.69) is 81.5 Å². The number of benzene rings is 1. The van der Waals surface area contributed by atoms with Gasteiger partial charge >= 0.3 is 0 Å². The first-order chi connectivity index (χ1) is 15.2. The predicted octanol–water partition coefficient (Wildman–Crippen LogP) is 7.28. The Kier molecular flexibility index (Phi) is 9.30. The molecule has 1 aromatic carbocycles. The second-order valence-corrected chi connectivity index (χ2v) is 22.2. The molecular formula is C26H48O5Si2. The minimum atomic E-state index is -2.22. The van der Waals surface area contributed by atoms with E-state index in [4.69, 9.17) is 18.3 Å². The van der Waals surface area contributed by atoms with Gasteiger partial charge in [-0.05, 0) is 52.5 Å². The fourth-order valence-electron chi connectivity index (χ4n) is 4.92. The van der Waals surface area contributed by atoms with Gasteiger partial charge in [-0.2, -0.15) is 0 Å². The molecule has 2 atom stereocenters. The predicted molar refractivity (Wildman–Crippen MR) is 141 cm³/mol. The molecule has 2 rings (SSSR count). The smallest absolute Gasteiger partial charge is 0.231 e. The Labute approximate surface area is 204 Å². The van der Waals surface area contributed by atoms with Crippen LogP contribution in [0.1, 0.15) is 74.0 Å². The lowest BCUT2D eigenvalue weighted by molar-refractivity contribution is 0.0385. The van der Waals surface area contributed by atoms with E-state index in [1.54, 1.807) is 0 Å². The molecule has 0 bridgehead atoms. The van der Waals surface area contributed by atoms with Crippen molar-refractivity contribution in [1.29, 1.82) is 0 Å². The average molecular weight is 497 g/mol. The lowest BCUT2D eigenvalue weighted by Crippen LogP contribution is -2.50. The highest BCUT2D eigenvalue weighted by atomic mass is 28.4. The van der Waals surface area contributed by atoms with Crippen LogP contribution in [-0.4, -0.2) is 41.7 Å². The molecule has 5 nitrogen and oxygen atoms in total. The van der Waals surface area contributed by atoms with Crippen molar-refractivity contribution in [3.05, 3.63) is 23.8 Å². The van der Waals surface area contributed by atoms with Crippen molar-refractivity contribution in [3.8, 4) is 11.5 Å². The fraction of sp³-hybridized carbons (Fsp3) is 0.769. The molecule has 0 saturated heterocycles. The Morgan fingerprint density at radius 2 is 1.48 bits per heavy atom. The zero-order valence-electron chi connectivity index (χ0n) is 22.8. The molecule has 1 aliphatic rings. The van der Waals surface area contributed by atoms with Gasteiger partial charge in [0.05, 0.1) is 12.7 Å². The van der Waals surface area contributed by atoms with Gasteiger partial charge in [0.15, 0.2) is 19.8 Å². The second-order valence-electron chi connectivity index (χ2n) is 12.0. The van der Waals surface area contributed by atoms with E-state index in [1.165, 1.54) is 0 Å². The van der Waals surface area contributed by atoms with Gasteiger partial charge < -0.3 is 23.4 Å². The number of aliphatic hydroxyl groups excluding tert-OH is 1. The summed E-state index contributed by atoms with van der Waals surface area (Å²) in [5, 5.41) is 10.7. The highest BCUT2D eigenvalue weighted by molar-refractivity contribution is 6.77. The van der Waals surface area contributed by atoms with Gasteiger partial charge in [0, 0.05) is 12.5 Å². The minimum Gasteiger partial charge on any atom is -0.454 e. The summed E-state index contributed by atoms with van der Waals surface area (Å²) >= 11 is 0. The van der Waals surface area contributed by atoms with E-state index in [0.717, 1.165) is 17.1 Å². The zero-order valence-corrected chi connectivity index (χ0v) is 24.8. The molecule has 0 aromatic heterocycles. The van der Waals surface area contributed by atoms with Crippen molar-refractivity contribution in [2.24, 2.45) is 5.92 Å². The van der Waals surface area contributed by atoms with Gasteiger partial charge in [0.25, 0.3) is 0 Å². The van der Waals surface area contributed by atoms with E-state index in [1.807, 2.05) is 12.1 Å². The molecule has 0 spiro atoms. The van der Waals surface area contributed by atoms with Crippen LogP contribution in [0.3, 0.4) is 0 Å². The van der Waals surface area contributed by atoms with E-state index in [0.29, 0.717) is 23.2 Å². The molecule has 1 aliphatic heterocycles. The average Bonchev–Trinajstić information content (AvgIpc) is 3.16. The Hall–Kier alpha value is -0.866. The Morgan fingerprint density at radius 3 is 1.97 bits per heavy atom. The molecule has 0 aliphatic carbocycles. The molecule has 0 fully saturated rings. The molecule has 1 aromatic rings. The van der Waals surface area contributed by atoms with Crippen molar-refractivity contribution in [2.45, 2.75) is 103 Å². The first kappa shape index (κ1) is 28.4. The van der Waals surface area contributed by atoms with Gasteiger partial charge in [-0.15, -0.1) is 0 Å². The summed E-state index contributed by atoms with van der Waals surface area (Å²) in [5.41, 5.74) is 2.34. The summed E-state index contributed by atoms with van der Waals surface area (Å²) < 4.78 is 25.1. The van der Waals surface area contributed by atoms with E-state index in [-0.39, 0.29) is 30.5 Å². The minimum absolute atomic E-state index is 0.00645. The maximum Gasteiger partial charge on any atom is 0.231 e. The molecule has 190 valence electrons. The number of fused-ring (bicyclic) bond motifs is 1. The van der Waals surface area contributed by atoms with Gasteiger partial charge in [-0.3, -0.25) is 0 Å². The van der Waals surface area contributed by atoms with Crippen molar-refractivity contribution in [3.63, 3.8) is 0 Å². The highest BCUT2D eigenvalue weighted by Gasteiger charge is 2.48. The normalized spacial score (nSPS) is 16.7. The molecule has 0 saturated carbocycles. The van der Waals surface area contributed by atoms with Crippen molar-refractivity contribution < 1.29 is 23.4 Å². The zero-order chi connectivity index (χ0) is 25.2. The molecule has 0 radical (unpaired) electrons. The van der Waals surface area contributed by atoms with Crippen LogP contribution in [0.4, 0.5) is 0 Å². The van der Waals surface area contributed by atoms with Crippen LogP contribution < -0.4 is 9.47 Å². The lowest BCUT2D eigenvalue weighted by atomic mass is 9.97. The molecule has 0 unspecified atom stereocenters. The third-order valence-corrected chi connectivity index (χ3v) is 18.5. The van der Waals surface area contributed by atoms with Crippen LogP contribution in [0.5, 0.6) is 11.5 Å². The highest BCUT2D eigenvalue weighted by Crippen LogP contribution is 2.48. The third kappa shape index (κ3) is 6.04. The Morgan fingerprint density at radius 1 is 0.939 bits per heavy atom. The van der Waals surface area contributed by atoms with Crippen LogP contribution in [0, 0.1) is 5.92 Å². The summed E-state index contributed by atoms with van der Waals surface area (Å²) in [4.78, 5) is 0. The van der Waals surface area contributed by atoms with Crippen LogP contribution in [-0.2, 0) is 8.85 Å². The van der Waals surface area contributed by atoms with Crippen LogP contribution in [0.25, 0.3) is 0 Å². The van der Waals surface area contributed by atoms with Gasteiger partial charge in [0.1, 0.15) is 0 Å². The maximum absolute atomic E-state index is 10.6. The van der Waals surface area contributed by atoms with E-state index < -0.39 is 16.6 Å². The monoisotopic (exact) mass is 496 g/mol. The summed E-state index contributed by atoms with van der Waals surface area (Å²) in [6, 6.07) is 6.05. The molecule has 33 heavy (non-hydrogen) atoms. The number of hydrogen-bond donors (Lipinski definition) is 1. The van der Waals surface area contributed by atoms with Crippen molar-refractivity contribution >= 4 is 16.6 Å². The first-order valence-electron chi connectivity index (χ1n) is 12.5. The Bertz CT molecular complexity index is 749. The summed E-state index contributed by atoms with van der Waals surface area (Å²) in [6.45, 7) is 25.7. The maximum atomic E-state index is 10.6. The lowest BCUT2D eigenvalue weighted by Gasteiger charge is -2.46. The fourth-order valence-corrected chi connectivity index (χ4v) is 11.6. The van der Waals surface area contributed by atoms with Crippen molar-refractivity contribution in [1.82, 2.24) is 0 Å². The number of ether oxygens (including phenoxy) is 2. The standard InChI is InChI=1S/C26H48O5Si2/c1-18(2)33(19(3)4,20(5)6)31-25(21-12-13-23-24(14-21)29-17-28-23)22(15-27)16-30-32(10,11)26(7,8)9/h12-14,18-20,22,25,27H,15-17H2,1-11H3/t22-,25-/m1/s1. The molecule has 7 heteroatoms. The largest absolute Gasteiger partial charge is 0.454 e. The SMILES string of the molecule is CC(C)[Si](O[C@H](c1ccc2c(c1)OCO2)[C@H](CO)CO[Si](C)(C)C(C)(C)C)(C(C)C)C(C)C. The summed E-state index contributed by atoms with van der Waals surface area (Å²) in [6.07, 6.45) is -0.270. The van der Waals surface area contributed by atoms with Gasteiger partial charge in [0.2, 0.25) is 15.1 Å². The van der Waals surface area contributed by atoms with Crippen molar-refractivity contribution in [2.75, 3.05) is 20.0 Å². The van der Waals surface area contributed by atoms with Gasteiger partial charge in [-0.1, -0.05) is 68.4 Å². The van der Waals surface area contributed by atoms with Gasteiger partial charge in [-0.25, -0.2) is 0 Å². The number of aliphatic hydroxyl groups is 1. The number of rotatable bonds is 11. The van der Waals surface area contributed by atoms with Crippen LogP contribution in [0.15, 0.2) is 18.2 Å². The molecule has 1 heterocycles. The Balaban J connectivity index is 2.49. The molecular weight excluding hydrogens is 448 g/mol. The molecule has 0 amide bonds. The van der Waals surface area contributed by atoms with Crippen LogP contribution in [0.2, 0.25) is 34.8 Å². The quantitative estimate of drug-likeness (QED) is 0.326. The van der Waals surface area contributed by atoms with E-state index >= 15 is 0 Å². The summed E-state index contributed by atoms with van der Waals surface area (Å²) in [7, 11) is -4.19. The van der Waals surface area contributed by atoms with E-state index in [9.17, 15) is 5.11 Å². The second kappa shape index (κ2) is 10.8.